The topological polar surface area (TPSA) is 111 Å². The summed E-state index contributed by atoms with van der Waals surface area (Å²) >= 11 is 0. The van der Waals surface area contributed by atoms with Crippen LogP contribution in [0.3, 0.4) is 0 Å². The Morgan fingerprint density at radius 2 is 1.94 bits per heavy atom. The van der Waals surface area contributed by atoms with Gasteiger partial charge in [-0.3, -0.25) is 14.2 Å². The van der Waals surface area contributed by atoms with E-state index in [0.717, 1.165) is 18.4 Å². The molecule has 4 rings (SSSR count). The Bertz CT molecular complexity index is 1220. The van der Waals surface area contributed by atoms with Crippen LogP contribution < -0.4 is 14.8 Å². The van der Waals surface area contributed by atoms with Crippen LogP contribution in [0.25, 0.3) is 11.4 Å². The summed E-state index contributed by atoms with van der Waals surface area (Å²) in [6.45, 7) is 5.63. The Balaban J connectivity index is 0.00000324. The Kier molecular flexibility index (Phi) is 7.67. The first-order valence-corrected chi connectivity index (χ1v) is 11.8. The highest BCUT2D eigenvalue weighted by Gasteiger charge is 2.32. The van der Waals surface area contributed by atoms with Gasteiger partial charge in [0, 0.05) is 25.2 Å². The second-order valence-corrected chi connectivity index (χ2v) is 11.0. The Hall–Kier alpha value is -2.92. The van der Waals surface area contributed by atoms with Gasteiger partial charge < -0.3 is 10.1 Å². The van der Waals surface area contributed by atoms with Crippen LogP contribution >= 0.6 is 13.5 Å². The molecule has 11 heteroatoms. The zero-order valence-electron chi connectivity index (χ0n) is 19.9. The molecule has 1 aliphatic carbocycles. The molecule has 9 nitrogen and oxygen atoms in total. The van der Waals surface area contributed by atoms with Crippen molar-refractivity contribution in [3.8, 4) is 17.1 Å². The lowest BCUT2D eigenvalue weighted by Crippen LogP contribution is -2.27. The van der Waals surface area contributed by atoms with Crippen molar-refractivity contribution in [3.63, 3.8) is 0 Å². The van der Waals surface area contributed by atoms with Crippen molar-refractivity contribution in [1.82, 2.24) is 19.7 Å². The largest absolute Gasteiger partial charge is 0.494 e. The van der Waals surface area contributed by atoms with E-state index in [2.05, 4.69) is 25.1 Å². The van der Waals surface area contributed by atoms with Gasteiger partial charge in [0.15, 0.2) is 17.4 Å². The van der Waals surface area contributed by atoms with E-state index in [-0.39, 0.29) is 25.2 Å². The van der Waals surface area contributed by atoms with Gasteiger partial charge in [0.1, 0.15) is 23.1 Å². The average molecular weight is 503 g/mol. The summed E-state index contributed by atoms with van der Waals surface area (Å²) in [7, 11) is 2.02. The number of carbonyl (C=O) groups is 1. The quantitative estimate of drug-likeness (QED) is 0.444. The minimum Gasteiger partial charge on any atom is -0.494 e. The Labute approximate surface area is 208 Å². The van der Waals surface area contributed by atoms with Crippen molar-refractivity contribution in [2.45, 2.75) is 38.4 Å². The number of ether oxygens (including phenoxy) is 1. The number of carbonyl (C=O) groups excluding carboxylic acids is 1. The third-order valence-electron chi connectivity index (χ3n) is 5.20. The highest BCUT2D eigenvalue weighted by molar-refractivity contribution is 7.87. The molecular formula is C23H30N6O3S2. The fraction of sp³-hybridized carbons (Fsp3) is 0.391. The van der Waals surface area contributed by atoms with E-state index in [1.54, 1.807) is 37.4 Å². The van der Waals surface area contributed by atoms with Crippen molar-refractivity contribution < 1.29 is 13.7 Å². The number of Topliss-reactive ketones (excluding diaryl/α,β-unsaturated/α-hetero) is 1. The lowest BCUT2D eigenvalue weighted by Gasteiger charge is -2.20. The third kappa shape index (κ3) is 5.58. The average Bonchev–Trinajstić information content (AvgIpc) is 3.53. The standard InChI is InChI=1S/C23H28N6O3S.H2S/c1-23(2,3)33(31)28-19-11-18(16(12-24-19)20(30)14-9-10-14)26-17-8-6-7-15(21(17)32-5)22-25-13-29(4)27-22;/h6-8,11-14H,9-10H2,1-5H3,(H2,24,26,28);1H2/t33-;/m0./s1. The summed E-state index contributed by atoms with van der Waals surface area (Å²) in [5.41, 5.74) is 2.44. The van der Waals surface area contributed by atoms with Gasteiger partial charge in [-0.05, 0) is 45.7 Å². The second-order valence-electron chi connectivity index (χ2n) is 8.99. The number of pyridine rings is 1. The molecule has 0 aliphatic heterocycles. The molecule has 34 heavy (non-hydrogen) atoms. The number of methoxy groups -OCH3 is 1. The maximum Gasteiger partial charge on any atom is 0.184 e. The third-order valence-corrected chi connectivity index (χ3v) is 6.71. The first kappa shape index (κ1) is 25.7. The molecule has 2 heterocycles. The molecule has 1 aromatic carbocycles. The summed E-state index contributed by atoms with van der Waals surface area (Å²) in [6, 6.07) is 7.32. The van der Waals surface area contributed by atoms with Crippen molar-refractivity contribution in [2.75, 3.05) is 17.1 Å². The molecule has 1 saturated carbocycles. The molecule has 0 saturated heterocycles. The lowest BCUT2D eigenvalue weighted by atomic mass is 10.1. The van der Waals surface area contributed by atoms with Gasteiger partial charge in [-0.25, -0.2) is 14.2 Å². The van der Waals surface area contributed by atoms with E-state index in [0.29, 0.717) is 34.3 Å². The molecule has 1 fully saturated rings. The van der Waals surface area contributed by atoms with Gasteiger partial charge in [-0.1, -0.05) is 6.07 Å². The van der Waals surface area contributed by atoms with Crippen LogP contribution in [0.2, 0.25) is 0 Å². The number of nitrogens with one attached hydrogen (secondary N) is 2. The number of aryl methyl sites for hydroxylation is 1. The first-order chi connectivity index (χ1) is 15.7. The molecule has 0 bridgehead atoms. The molecule has 182 valence electrons. The molecule has 0 amide bonds. The minimum atomic E-state index is -1.36. The van der Waals surface area contributed by atoms with Crippen molar-refractivity contribution in [2.24, 2.45) is 13.0 Å². The van der Waals surface area contributed by atoms with E-state index in [4.69, 9.17) is 4.74 Å². The number of hydrogen-bond donors (Lipinski definition) is 2. The zero-order chi connectivity index (χ0) is 23.8. The lowest BCUT2D eigenvalue weighted by molar-refractivity contribution is 0.0968. The maximum atomic E-state index is 12.9. The number of anilines is 3. The number of nitrogens with zero attached hydrogens (tertiary/aromatic N) is 4. The zero-order valence-corrected chi connectivity index (χ0v) is 21.7. The highest BCUT2D eigenvalue weighted by atomic mass is 32.2. The highest BCUT2D eigenvalue weighted by Crippen LogP contribution is 2.39. The number of para-hydroxylation sites is 1. The van der Waals surface area contributed by atoms with Gasteiger partial charge in [0.2, 0.25) is 0 Å². The van der Waals surface area contributed by atoms with Gasteiger partial charge >= 0.3 is 0 Å². The molecule has 2 aromatic heterocycles. The maximum absolute atomic E-state index is 12.9. The molecule has 2 N–H and O–H groups in total. The molecule has 1 aliphatic rings. The normalized spacial score (nSPS) is 14.1. The summed E-state index contributed by atoms with van der Waals surface area (Å²) < 4.78 is 22.4. The number of rotatable bonds is 8. The fourth-order valence-electron chi connectivity index (χ4n) is 3.26. The van der Waals surface area contributed by atoms with Crippen LogP contribution in [0.1, 0.15) is 44.0 Å². The molecule has 3 aromatic rings. The van der Waals surface area contributed by atoms with Crippen molar-refractivity contribution in [3.05, 3.63) is 42.4 Å². The van der Waals surface area contributed by atoms with Crippen LogP contribution in [0, 0.1) is 5.92 Å². The van der Waals surface area contributed by atoms with Crippen LogP contribution in [0.15, 0.2) is 36.8 Å². The van der Waals surface area contributed by atoms with Gasteiger partial charge in [-0.2, -0.15) is 18.6 Å². The van der Waals surface area contributed by atoms with E-state index in [1.807, 2.05) is 39.0 Å². The molecular weight excluding hydrogens is 472 g/mol. The smallest absolute Gasteiger partial charge is 0.184 e. The van der Waals surface area contributed by atoms with Crippen LogP contribution in [0.4, 0.5) is 17.2 Å². The van der Waals surface area contributed by atoms with E-state index in [1.165, 1.54) is 0 Å². The monoisotopic (exact) mass is 502 g/mol. The van der Waals surface area contributed by atoms with E-state index >= 15 is 0 Å². The summed E-state index contributed by atoms with van der Waals surface area (Å²) in [4.78, 5) is 21.6. The number of hydrogen-bond acceptors (Lipinski definition) is 7. The van der Waals surface area contributed by atoms with E-state index in [9.17, 15) is 9.00 Å². The molecule has 0 unspecified atom stereocenters. The summed E-state index contributed by atoms with van der Waals surface area (Å²) in [5.74, 6) is 1.58. The van der Waals surface area contributed by atoms with Crippen LogP contribution in [-0.4, -0.2) is 41.6 Å². The Morgan fingerprint density at radius 1 is 1.21 bits per heavy atom. The van der Waals surface area contributed by atoms with Crippen LogP contribution in [0.5, 0.6) is 5.75 Å². The predicted octanol–water partition coefficient (Wildman–Crippen LogP) is 4.21. The molecule has 0 spiro atoms. The van der Waals surface area contributed by atoms with Gasteiger partial charge in [0.05, 0.1) is 34.4 Å². The first-order valence-electron chi connectivity index (χ1n) is 10.7. The summed E-state index contributed by atoms with van der Waals surface area (Å²) in [5, 5.41) is 7.71. The van der Waals surface area contributed by atoms with Crippen LogP contribution in [-0.2, 0) is 18.0 Å². The predicted molar refractivity (Wildman–Crippen MR) is 139 cm³/mol. The fourth-order valence-corrected chi connectivity index (χ4v) is 3.87. The van der Waals surface area contributed by atoms with Crippen molar-refractivity contribution >= 4 is 47.5 Å². The Morgan fingerprint density at radius 3 is 2.53 bits per heavy atom. The minimum absolute atomic E-state index is 0. The SMILES string of the molecule is COc1c(Nc2cc(N[S@@](=O)C(C)(C)C)ncc2C(=O)C2CC2)cccc1-c1ncn(C)n1.S. The summed E-state index contributed by atoms with van der Waals surface area (Å²) in [6.07, 6.45) is 4.94. The molecule has 0 radical (unpaired) electrons. The van der Waals surface area contributed by atoms with Gasteiger partial charge in [0.25, 0.3) is 0 Å². The second kappa shape index (κ2) is 10.1. The molecule has 1 atom stereocenters. The number of ketones is 1. The van der Waals surface area contributed by atoms with Gasteiger partial charge in [-0.15, -0.1) is 0 Å². The number of aromatic nitrogens is 4. The van der Waals surface area contributed by atoms with Crippen molar-refractivity contribution in [1.29, 1.82) is 0 Å². The van der Waals surface area contributed by atoms with E-state index < -0.39 is 15.7 Å². The number of benzene rings is 1.